The lowest BCUT2D eigenvalue weighted by atomic mass is 10.3. The molecular formula is C14H13N3O2S. The Balaban J connectivity index is 2.36. The topological polar surface area (TPSA) is 64.8 Å². The molecule has 3 aromatic rings. The second-order valence-electron chi connectivity index (χ2n) is 4.56. The van der Waals surface area contributed by atoms with Gasteiger partial charge in [-0.3, -0.25) is 0 Å². The molecule has 1 aromatic carbocycles. The number of nitrogens with zero attached hydrogens (tertiary/aromatic N) is 3. The molecule has 2 heterocycles. The van der Waals surface area contributed by atoms with E-state index >= 15 is 0 Å². The predicted octanol–water partition coefficient (Wildman–Crippen LogP) is 2.29. The van der Waals surface area contributed by atoms with Crippen molar-refractivity contribution in [1.29, 1.82) is 0 Å². The number of fused-ring (bicyclic) bond motifs is 1. The molecule has 0 spiro atoms. The van der Waals surface area contributed by atoms with Crippen molar-refractivity contribution in [3.63, 3.8) is 0 Å². The third-order valence-electron chi connectivity index (χ3n) is 3.21. The van der Waals surface area contributed by atoms with Gasteiger partial charge in [-0.15, -0.1) is 0 Å². The van der Waals surface area contributed by atoms with Crippen LogP contribution in [-0.4, -0.2) is 22.4 Å². The Bertz CT molecular complexity index is 883. The third-order valence-corrected chi connectivity index (χ3v) is 5.02. The summed E-state index contributed by atoms with van der Waals surface area (Å²) < 4.78 is 26.8. The van der Waals surface area contributed by atoms with Crippen molar-refractivity contribution in [2.24, 2.45) is 0 Å². The average Bonchev–Trinajstić information content (AvgIpc) is 2.78. The Morgan fingerprint density at radius 2 is 1.75 bits per heavy atom. The summed E-state index contributed by atoms with van der Waals surface area (Å²) in [5.74, 6) is 0. The maximum Gasteiger partial charge on any atom is 0.269 e. The number of rotatable bonds is 2. The van der Waals surface area contributed by atoms with Crippen LogP contribution >= 0.6 is 0 Å². The van der Waals surface area contributed by atoms with Crippen molar-refractivity contribution in [3.8, 4) is 0 Å². The molecule has 20 heavy (non-hydrogen) atoms. The molecule has 0 aliphatic carbocycles. The van der Waals surface area contributed by atoms with E-state index in [2.05, 4.69) is 9.97 Å². The molecule has 102 valence electrons. The number of aromatic nitrogens is 3. The predicted molar refractivity (Wildman–Crippen MR) is 76.0 cm³/mol. The smallest absolute Gasteiger partial charge is 0.241 e. The molecule has 0 radical (unpaired) electrons. The molecule has 0 saturated carbocycles. The van der Waals surface area contributed by atoms with Crippen LogP contribution in [0, 0.1) is 13.8 Å². The fraction of sp³-hybridized carbons (Fsp3) is 0.143. The summed E-state index contributed by atoms with van der Waals surface area (Å²) in [6.45, 7) is 3.59. The van der Waals surface area contributed by atoms with Crippen LogP contribution in [0.25, 0.3) is 11.0 Å². The van der Waals surface area contributed by atoms with Crippen LogP contribution in [0.15, 0.2) is 47.6 Å². The molecule has 0 N–H and O–H groups in total. The summed E-state index contributed by atoms with van der Waals surface area (Å²) in [5, 5.41) is 0.754. The maximum absolute atomic E-state index is 12.7. The molecule has 0 atom stereocenters. The molecule has 0 fully saturated rings. The molecule has 0 saturated heterocycles. The Kier molecular flexibility index (Phi) is 2.83. The highest BCUT2D eigenvalue weighted by atomic mass is 32.2. The number of benzene rings is 1. The average molecular weight is 287 g/mol. The van der Waals surface area contributed by atoms with Crippen molar-refractivity contribution < 1.29 is 8.42 Å². The van der Waals surface area contributed by atoms with Crippen molar-refractivity contribution in [2.75, 3.05) is 0 Å². The SMILES string of the molecule is Cc1ncnc2c1cc(C)n2S(=O)(=O)c1ccccc1. The van der Waals surface area contributed by atoms with Gasteiger partial charge in [0.1, 0.15) is 6.33 Å². The second kappa shape index (κ2) is 4.42. The minimum Gasteiger partial charge on any atom is -0.241 e. The van der Waals surface area contributed by atoms with Crippen molar-refractivity contribution >= 4 is 21.1 Å². The van der Waals surface area contributed by atoms with Crippen LogP contribution in [0.5, 0.6) is 0 Å². The van der Waals surface area contributed by atoms with Crippen LogP contribution in [0.4, 0.5) is 0 Å². The van der Waals surface area contributed by atoms with Gasteiger partial charge < -0.3 is 0 Å². The van der Waals surface area contributed by atoms with Crippen LogP contribution in [0.1, 0.15) is 11.4 Å². The van der Waals surface area contributed by atoms with E-state index in [0.29, 0.717) is 11.3 Å². The van der Waals surface area contributed by atoms with Gasteiger partial charge in [0.05, 0.1) is 10.6 Å². The van der Waals surface area contributed by atoms with Gasteiger partial charge in [0.25, 0.3) is 10.0 Å². The van der Waals surface area contributed by atoms with E-state index in [0.717, 1.165) is 11.1 Å². The standard InChI is InChI=1S/C14H13N3O2S/c1-10-8-13-11(2)15-9-16-14(13)17(10)20(18,19)12-6-4-3-5-7-12/h3-9H,1-2H3. The van der Waals surface area contributed by atoms with Gasteiger partial charge in [-0.2, -0.15) is 0 Å². The summed E-state index contributed by atoms with van der Waals surface area (Å²) in [7, 11) is -3.64. The highest BCUT2D eigenvalue weighted by molar-refractivity contribution is 7.90. The molecule has 0 unspecified atom stereocenters. The first-order valence-electron chi connectivity index (χ1n) is 6.12. The highest BCUT2D eigenvalue weighted by Crippen LogP contribution is 2.24. The number of hydrogen-bond donors (Lipinski definition) is 0. The zero-order valence-corrected chi connectivity index (χ0v) is 11.9. The van der Waals surface area contributed by atoms with Crippen LogP contribution in [0.3, 0.4) is 0 Å². The van der Waals surface area contributed by atoms with E-state index in [1.165, 1.54) is 10.3 Å². The largest absolute Gasteiger partial charge is 0.269 e. The monoisotopic (exact) mass is 287 g/mol. The van der Waals surface area contributed by atoms with Crippen molar-refractivity contribution in [3.05, 3.63) is 54.1 Å². The summed E-state index contributed by atoms with van der Waals surface area (Å²) in [4.78, 5) is 8.47. The van der Waals surface area contributed by atoms with Crippen molar-refractivity contribution in [2.45, 2.75) is 18.7 Å². The van der Waals surface area contributed by atoms with Crippen LogP contribution in [-0.2, 0) is 10.0 Å². The first-order chi connectivity index (χ1) is 9.51. The quantitative estimate of drug-likeness (QED) is 0.725. The Morgan fingerprint density at radius 3 is 2.45 bits per heavy atom. The van der Waals surface area contributed by atoms with Gasteiger partial charge in [-0.25, -0.2) is 22.4 Å². The lowest BCUT2D eigenvalue weighted by Crippen LogP contribution is -2.14. The van der Waals surface area contributed by atoms with Gasteiger partial charge in [0.15, 0.2) is 5.65 Å². The molecular weight excluding hydrogens is 274 g/mol. The number of hydrogen-bond acceptors (Lipinski definition) is 4. The third kappa shape index (κ3) is 1.80. The van der Waals surface area contributed by atoms with Gasteiger partial charge in [-0.05, 0) is 32.0 Å². The first kappa shape index (κ1) is 12.8. The fourth-order valence-electron chi connectivity index (χ4n) is 2.24. The Morgan fingerprint density at radius 1 is 1.05 bits per heavy atom. The summed E-state index contributed by atoms with van der Waals surface area (Å²) >= 11 is 0. The molecule has 2 aromatic heterocycles. The molecule has 3 rings (SSSR count). The zero-order chi connectivity index (χ0) is 14.3. The molecule has 0 aliphatic rings. The summed E-state index contributed by atoms with van der Waals surface area (Å²) in [6, 6.07) is 10.1. The Hall–Kier alpha value is -2.21. The number of aryl methyl sites for hydroxylation is 2. The van der Waals surface area contributed by atoms with E-state index in [9.17, 15) is 8.42 Å². The van der Waals surface area contributed by atoms with E-state index in [4.69, 9.17) is 0 Å². The van der Waals surface area contributed by atoms with Gasteiger partial charge in [0, 0.05) is 11.1 Å². The highest BCUT2D eigenvalue weighted by Gasteiger charge is 2.22. The van der Waals surface area contributed by atoms with Gasteiger partial charge >= 0.3 is 0 Å². The molecule has 5 nitrogen and oxygen atoms in total. The summed E-state index contributed by atoms with van der Waals surface area (Å²) in [6.07, 6.45) is 1.38. The van der Waals surface area contributed by atoms with Crippen molar-refractivity contribution in [1.82, 2.24) is 13.9 Å². The van der Waals surface area contributed by atoms with E-state index in [-0.39, 0.29) is 4.90 Å². The summed E-state index contributed by atoms with van der Waals surface area (Å²) in [5.41, 5.74) is 1.80. The fourth-order valence-corrected chi connectivity index (χ4v) is 3.75. The first-order valence-corrected chi connectivity index (χ1v) is 7.56. The lowest BCUT2D eigenvalue weighted by molar-refractivity contribution is 0.587. The minimum atomic E-state index is -3.64. The molecule has 6 heteroatoms. The van der Waals surface area contributed by atoms with Gasteiger partial charge in [-0.1, -0.05) is 18.2 Å². The molecule has 0 bridgehead atoms. The van der Waals surface area contributed by atoms with Gasteiger partial charge in [0.2, 0.25) is 0 Å². The normalized spacial score (nSPS) is 11.9. The maximum atomic E-state index is 12.7. The van der Waals surface area contributed by atoms with E-state index < -0.39 is 10.0 Å². The second-order valence-corrected chi connectivity index (χ2v) is 6.35. The van der Waals surface area contributed by atoms with E-state index in [1.54, 1.807) is 43.3 Å². The lowest BCUT2D eigenvalue weighted by Gasteiger charge is -2.09. The molecule has 0 aliphatic heterocycles. The van der Waals surface area contributed by atoms with E-state index in [1.807, 2.05) is 6.92 Å². The minimum absolute atomic E-state index is 0.247. The van der Waals surface area contributed by atoms with Crippen LogP contribution in [0.2, 0.25) is 0 Å². The molecule has 0 amide bonds. The van der Waals surface area contributed by atoms with Crippen LogP contribution < -0.4 is 0 Å². The zero-order valence-electron chi connectivity index (χ0n) is 11.1. The Labute approximate surface area is 117 Å².